The Kier molecular flexibility index (Phi) is 5.71. The molecule has 140 valence electrons. The van der Waals surface area contributed by atoms with Crippen LogP contribution in [0.25, 0.3) is 0 Å². The van der Waals surface area contributed by atoms with Gasteiger partial charge in [0.1, 0.15) is 12.4 Å². The van der Waals surface area contributed by atoms with Crippen molar-refractivity contribution in [2.45, 2.75) is 6.54 Å². The maximum atomic E-state index is 12.8. The third-order valence-electron chi connectivity index (χ3n) is 4.30. The van der Waals surface area contributed by atoms with Crippen molar-refractivity contribution in [1.29, 1.82) is 0 Å². The molecule has 0 aromatic heterocycles. The highest BCUT2D eigenvalue weighted by molar-refractivity contribution is 6.02. The summed E-state index contributed by atoms with van der Waals surface area (Å²) in [4.78, 5) is 39.1. The third-order valence-corrected chi connectivity index (χ3v) is 4.30. The molecule has 0 saturated carbocycles. The number of likely N-dealkylation sites (N-methyl/N-ethyl adjacent to an activating group) is 1. The summed E-state index contributed by atoms with van der Waals surface area (Å²) in [5.41, 5.74) is 1.09. The van der Waals surface area contributed by atoms with E-state index in [1.165, 1.54) is 0 Å². The van der Waals surface area contributed by atoms with Gasteiger partial charge in [-0.2, -0.15) is 0 Å². The first-order valence-corrected chi connectivity index (χ1v) is 8.65. The predicted octanol–water partition coefficient (Wildman–Crippen LogP) is 1.89. The highest BCUT2D eigenvalue weighted by Crippen LogP contribution is 2.16. The first-order valence-electron chi connectivity index (χ1n) is 8.65. The van der Waals surface area contributed by atoms with Gasteiger partial charge in [0.15, 0.2) is 0 Å². The lowest BCUT2D eigenvalue weighted by molar-refractivity contribution is -0.125. The minimum absolute atomic E-state index is 0.00826. The molecule has 7 heteroatoms. The normalized spacial score (nSPS) is 13.4. The van der Waals surface area contributed by atoms with Crippen LogP contribution in [-0.2, 0) is 11.3 Å². The molecule has 1 heterocycles. The fraction of sp³-hybridized carbons (Fsp3) is 0.250. The molecule has 7 nitrogen and oxygen atoms in total. The predicted molar refractivity (Wildman–Crippen MR) is 99.3 cm³/mol. The van der Waals surface area contributed by atoms with Crippen molar-refractivity contribution < 1.29 is 19.1 Å². The Hall–Kier alpha value is -3.35. The molecule has 27 heavy (non-hydrogen) atoms. The van der Waals surface area contributed by atoms with Gasteiger partial charge in [0.05, 0.1) is 19.6 Å². The van der Waals surface area contributed by atoms with E-state index in [9.17, 15) is 14.4 Å². The van der Waals surface area contributed by atoms with E-state index >= 15 is 0 Å². The largest absolute Gasteiger partial charge is 0.492 e. The number of carbonyl (C=O) groups is 3. The summed E-state index contributed by atoms with van der Waals surface area (Å²) in [6, 6.07) is 15.9. The van der Waals surface area contributed by atoms with Crippen molar-refractivity contribution >= 4 is 17.8 Å². The van der Waals surface area contributed by atoms with Crippen LogP contribution in [0.5, 0.6) is 5.75 Å². The smallest absolute Gasteiger partial charge is 0.324 e. The van der Waals surface area contributed by atoms with Crippen molar-refractivity contribution in [2.75, 3.05) is 26.7 Å². The molecule has 0 spiro atoms. The molecule has 0 aliphatic carbocycles. The SMILES string of the molecule is CN(CCOc1ccccc1)C(=O)c1ccccc1CN1C(=O)CNC1=O. The molecule has 3 rings (SSSR count). The Morgan fingerprint density at radius 3 is 2.52 bits per heavy atom. The maximum Gasteiger partial charge on any atom is 0.324 e. The van der Waals surface area contributed by atoms with Crippen LogP contribution >= 0.6 is 0 Å². The van der Waals surface area contributed by atoms with E-state index in [-0.39, 0.29) is 24.9 Å². The van der Waals surface area contributed by atoms with Crippen LogP contribution in [0, 0.1) is 0 Å². The number of urea groups is 1. The van der Waals surface area contributed by atoms with E-state index in [2.05, 4.69) is 5.32 Å². The van der Waals surface area contributed by atoms with Crippen molar-refractivity contribution in [3.63, 3.8) is 0 Å². The Bertz CT molecular complexity index is 822. The topological polar surface area (TPSA) is 79.0 Å². The summed E-state index contributed by atoms with van der Waals surface area (Å²) < 4.78 is 5.63. The average molecular weight is 367 g/mol. The first-order chi connectivity index (χ1) is 13.1. The van der Waals surface area contributed by atoms with Gasteiger partial charge in [-0.05, 0) is 23.8 Å². The quantitative estimate of drug-likeness (QED) is 0.758. The average Bonchev–Trinajstić information content (AvgIpc) is 3.00. The molecule has 1 saturated heterocycles. The molecular formula is C20H21N3O4. The second-order valence-corrected chi connectivity index (χ2v) is 6.18. The molecule has 1 aliphatic heterocycles. The van der Waals surface area contributed by atoms with Gasteiger partial charge in [-0.3, -0.25) is 14.5 Å². The Morgan fingerprint density at radius 2 is 1.81 bits per heavy atom. The lowest BCUT2D eigenvalue weighted by Crippen LogP contribution is -2.34. The Balaban J connectivity index is 1.63. The van der Waals surface area contributed by atoms with E-state index in [0.717, 1.165) is 10.6 Å². The second kappa shape index (κ2) is 8.35. The van der Waals surface area contributed by atoms with E-state index < -0.39 is 6.03 Å². The van der Waals surface area contributed by atoms with E-state index in [4.69, 9.17) is 4.74 Å². The van der Waals surface area contributed by atoms with Crippen LogP contribution in [0.2, 0.25) is 0 Å². The van der Waals surface area contributed by atoms with Crippen LogP contribution < -0.4 is 10.1 Å². The van der Waals surface area contributed by atoms with Crippen molar-refractivity contribution in [2.24, 2.45) is 0 Å². The number of nitrogens with zero attached hydrogens (tertiary/aromatic N) is 2. The van der Waals surface area contributed by atoms with E-state index in [0.29, 0.717) is 24.3 Å². The number of hydrogen-bond donors (Lipinski definition) is 1. The molecule has 2 aromatic carbocycles. The van der Waals surface area contributed by atoms with Crippen LogP contribution in [0.4, 0.5) is 4.79 Å². The summed E-state index contributed by atoms with van der Waals surface area (Å²) in [7, 11) is 1.70. The lowest BCUT2D eigenvalue weighted by atomic mass is 10.1. The number of para-hydroxylation sites is 1. The van der Waals surface area contributed by atoms with Crippen LogP contribution in [0.1, 0.15) is 15.9 Å². The fourth-order valence-corrected chi connectivity index (χ4v) is 2.78. The molecule has 0 atom stereocenters. The van der Waals surface area contributed by atoms with Gasteiger partial charge in [-0.25, -0.2) is 4.79 Å². The number of hydrogen-bond acceptors (Lipinski definition) is 4. The fourth-order valence-electron chi connectivity index (χ4n) is 2.78. The highest BCUT2D eigenvalue weighted by atomic mass is 16.5. The molecule has 2 aromatic rings. The highest BCUT2D eigenvalue weighted by Gasteiger charge is 2.29. The molecule has 4 amide bonds. The van der Waals surface area contributed by atoms with Gasteiger partial charge >= 0.3 is 6.03 Å². The number of carbonyl (C=O) groups excluding carboxylic acids is 3. The Labute approximate surface area is 157 Å². The van der Waals surface area contributed by atoms with Crippen molar-refractivity contribution in [3.05, 3.63) is 65.7 Å². The molecule has 1 N–H and O–H groups in total. The number of amides is 4. The molecule has 0 radical (unpaired) electrons. The molecular weight excluding hydrogens is 346 g/mol. The molecule has 1 fully saturated rings. The van der Waals surface area contributed by atoms with Crippen molar-refractivity contribution in [1.82, 2.24) is 15.1 Å². The summed E-state index contributed by atoms with van der Waals surface area (Å²) in [5.74, 6) is 0.262. The van der Waals surface area contributed by atoms with Gasteiger partial charge in [0.25, 0.3) is 5.91 Å². The van der Waals surface area contributed by atoms with Crippen LogP contribution in [0.3, 0.4) is 0 Å². The molecule has 1 aliphatic rings. The van der Waals surface area contributed by atoms with Gasteiger partial charge < -0.3 is 15.0 Å². The van der Waals surface area contributed by atoms with Crippen LogP contribution in [-0.4, -0.2) is 54.4 Å². The van der Waals surface area contributed by atoms with Gasteiger partial charge in [-0.1, -0.05) is 36.4 Å². The zero-order valence-electron chi connectivity index (χ0n) is 15.1. The number of benzene rings is 2. The second-order valence-electron chi connectivity index (χ2n) is 6.18. The number of ether oxygens (including phenoxy) is 1. The van der Waals surface area contributed by atoms with Gasteiger partial charge in [-0.15, -0.1) is 0 Å². The summed E-state index contributed by atoms with van der Waals surface area (Å²) in [6.07, 6.45) is 0. The van der Waals surface area contributed by atoms with Crippen LogP contribution in [0.15, 0.2) is 54.6 Å². The van der Waals surface area contributed by atoms with Gasteiger partial charge in [0.2, 0.25) is 5.91 Å². The molecule has 0 unspecified atom stereocenters. The van der Waals surface area contributed by atoms with Crippen molar-refractivity contribution in [3.8, 4) is 5.75 Å². The first kappa shape index (κ1) is 18.4. The number of nitrogens with one attached hydrogen (secondary N) is 1. The standard InChI is InChI=1S/C20H21N3O4/c1-22(11-12-27-16-8-3-2-4-9-16)19(25)17-10-6-5-7-15(17)14-23-18(24)13-21-20(23)26/h2-10H,11-14H2,1H3,(H,21,26). The maximum absolute atomic E-state index is 12.8. The summed E-state index contributed by atoms with van der Waals surface area (Å²) in [6.45, 7) is 0.833. The minimum Gasteiger partial charge on any atom is -0.492 e. The lowest BCUT2D eigenvalue weighted by Gasteiger charge is -2.20. The number of rotatable bonds is 7. The zero-order chi connectivity index (χ0) is 19.2. The minimum atomic E-state index is -0.438. The third kappa shape index (κ3) is 4.44. The molecule has 0 bridgehead atoms. The number of imide groups is 1. The zero-order valence-corrected chi connectivity index (χ0v) is 15.1. The monoisotopic (exact) mass is 367 g/mol. The van der Waals surface area contributed by atoms with Gasteiger partial charge in [0, 0.05) is 12.6 Å². The summed E-state index contributed by atoms with van der Waals surface area (Å²) >= 11 is 0. The Morgan fingerprint density at radius 1 is 1.11 bits per heavy atom. The summed E-state index contributed by atoms with van der Waals surface area (Å²) in [5, 5.41) is 2.48. The van der Waals surface area contributed by atoms with E-state index in [1.54, 1.807) is 36.2 Å². The van der Waals surface area contributed by atoms with E-state index in [1.807, 2.05) is 30.3 Å².